The molecule has 1 unspecified atom stereocenters. The average Bonchev–Trinajstić information content (AvgIpc) is 2.95. The molecule has 216 valence electrons. The fourth-order valence-electron chi connectivity index (χ4n) is 5.22. The van der Waals surface area contributed by atoms with Crippen LogP contribution in [0, 0.1) is 24.1 Å². The number of benzene rings is 2. The van der Waals surface area contributed by atoms with Crippen LogP contribution in [-0.4, -0.2) is 47.5 Å². The Balaban J connectivity index is 1.62. The molecular weight excluding hydrogens is 551 g/mol. The van der Waals surface area contributed by atoms with Gasteiger partial charge in [-0.15, -0.1) is 0 Å². The first-order valence-electron chi connectivity index (χ1n) is 13.2. The minimum atomic E-state index is -2.90. The van der Waals surface area contributed by atoms with Gasteiger partial charge in [0, 0.05) is 37.2 Å². The Labute approximate surface area is 239 Å². The number of hydrogen-bond acceptors (Lipinski definition) is 6. The summed E-state index contributed by atoms with van der Waals surface area (Å²) in [4.78, 5) is 47.7. The molecule has 3 amide bonds. The normalized spacial score (nSPS) is 18.7. The standard InChI is InChI=1S/C30H26F3N5O4/c1-18-5-2-3-8-23(18)26(27(39)36-21-15-30(32,33)16-21)37(22-7-4-6-20(31)14-22)28(40)24-10-12-42-29(41)38(24)25-13-19(17-34)9-11-35-25/h2-9,11,13-14,21,24,26H,10,12,15-16H2,1H3,(H,36,39)/t24-,26?/m0/s1. The predicted octanol–water partition coefficient (Wildman–Crippen LogP) is 4.80. The number of cyclic esters (lactones) is 1. The molecule has 0 spiro atoms. The van der Waals surface area contributed by atoms with Crippen LogP contribution in [0.5, 0.6) is 0 Å². The van der Waals surface area contributed by atoms with Crippen molar-refractivity contribution in [3.63, 3.8) is 0 Å². The Morgan fingerprint density at radius 3 is 2.62 bits per heavy atom. The van der Waals surface area contributed by atoms with E-state index in [1.165, 1.54) is 36.5 Å². The molecule has 2 heterocycles. The lowest BCUT2D eigenvalue weighted by Crippen LogP contribution is -2.58. The maximum Gasteiger partial charge on any atom is 0.416 e. The Hall–Kier alpha value is -4.92. The van der Waals surface area contributed by atoms with E-state index in [1.807, 2.05) is 6.07 Å². The number of anilines is 2. The topological polar surface area (TPSA) is 116 Å². The molecule has 2 aromatic carbocycles. The van der Waals surface area contributed by atoms with Crippen molar-refractivity contribution in [3.8, 4) is 6.07 Å². The SMILES string of the molecule is Cc1ccccc1C(C(=O)NC1CC(F)(F)C1)N(C(=O)[C@@H]1CCOC(=O)N1c1cc(C#N)ccn1)c1cccc(F)c1. The van der Waals surface area contributed by atoms with Crippen molar-refractivity contribution < 1.29 is 32.3 Å². The van der Waals surface area contributed by atoms with Gasteiger partial charge in [0.1, 0.15) is 23.7 Å². The van der Waals surface area contributed by atoms with E-state index in [0.29, 0.717) is 11.1 Å². The number of aromatic nitrogens is 1. The van der Waals surface area contributed by atoms with Crippen molar-refractivity contribution in [3.05, 3.63) is 89.4 Å². The summed E-state index contributed by atoms with van der Waals surface area (Å²) >= 11 is 0. The summed E-state index contributed by atoms with van der Waals surface area (Å²) in [6, 6.07) is 13.0. The van der Waals surface area contributed by atoms with Crippen LogP contribution in [0.4, 0.5) is 29.5 Å². The van der Waals surface area contributed by atoms with E-state index in [9.17, 15) is 32.8 Å². The second-order valence-electron chi connectivity index (χ2n) is 10.2. The quantitative estimate of drug-likeness (QED) is 0.431. The number of nitrogens with zero attached hydrogens (tertiary/aromatic N) is 4. The molecule has 1 saturated carbocycles. The van der Waals surface area contributed by atoms with E-state index in [2.05, 4.69) is 10.3 Å². The van der Waals surface area contributed by atoms with E-state index in [-0.39, 0.29) is 30.1 Å². The van der Waals surface area contributed by atoms with Crippen molar-refractivity contribution in [1.82, 2.24) is 10.3 Å². The minimum Gasteiger partial charge on any atom is -0.449 e. The van der Waals surface area contributed by atoms with Gasteiger partial charge in [-0.3, -0.25) is 14.5 Å². The van der Waals surface area contributed by atoms with Crippen molar-refractivity contribution >= 4 is 29.4 Å². The second kappa shape index (κ2) is 11.5. The number of halogens is 3. The Morgan fingerprint density at radius 1 is 1.17 bits per heavy atom. The van der Waals surface area contributed by atoms with Crippen LogP contribution < -0.4 is 15.1 Å². The zero-order chi connectivity index (χ0) is 30.0. The fraction of sp³-hybridized carbons (Fsp3) is 0.300. The molecule has 1 aromatic heterocycles. The Kier molecular flexibility index (Phi) is 7.85. The minimum absolute atomic E-state index is 0.00813. The van der Waals surface area contributed by atoms with Gasteiger partial charge in [-0.05, 0) is 48.4 Å². The lowest BCUT2D eigenvalue weighted by atomic mass is 9.87. The van der Waals surface area contributed by atoms with E-state index >= 15 is 0 Å². The molecule has 1 aliphatic heterocycles. The van der Waals surface area contributed by atoms with Gasteiger partial charge in [0.25, 0.3) is 11.8 Å². The van der Waals surface area contributed by atoms with E-state index in [4.69, 9.17) is 4.74 Å². The molecule has 2 aliphatic rings. The highest BCUT2D eigenvalue weighted by atomic mass is 19.3. The molecule has 0 radical (unpaired) electrons. The summed E-state index contributed by atoms with van der Waals surface area (Å²) in [6.07, 6.45) is -0.687. The smallest absolute Gasteiger partial charge is 0.416 e. The number of pyridine rings is 1. The maximum absolute atomic E-state index is 14.6. The van der Waals surface area contributed by atoms with Crippen molar-refractivity contribution in [2.24, 2.45) is 0 Å². The largest absolute Gasteiger partial charge is 0.449 e. The number of aryl methyl sites for hydroxylation is 1. The number of amides is 3. The second-order valence-corrected chi connectivity index (χ2v) is 10.2. The molecule has 12 heteroatoms. The van der Waals surface area contributed by atoms with Crippen molar-refractivity contribution in [2.75, 3.05) is 16.4 Å². The van der Waals surface area contributed by atoms with Crippen LogP contribution in [0.2, 0.25) is 0 Å². The first kappa shape index (κ1) is 28.6. The Bertz CT molecular complexity index is 1570. The van der Waals surface area contributed by atoms with Gasteiger partial charge < -0.3 is 10.1 Å². The molecule has 0 bridgehead atoms. The summed E-state index contributed by atoms with van der Waals surface area (Å²) in [5.74, 6) is -5.11. The monoisotopic (exact) mass is 577 g/mol. The summed E-state index contributed by atoms with van der Waals surface area (Å²) in [6.45, 7) is 1.60. The third kappa shape index (κ3) is 5.76. The summed E-state index contributed by atoms with van der Waals surface area (Å²) < 4.78 is 47.0. The van der Waals surface area contributed by atoms with Crippen molar-refractivity contribution in [2.45, 2.75) is 50.2 Å². The highest BCUT2D eigenvalue weighted by molar-refractivity contribution is 6.08. The number of hydrogen-bond donors (Lipinski definition) is 1. The molecule has 42 heavy (non-hydrogen) atoms. The van der Waals surface area contributed by atoms with E-state index in [0.717, 1.165) is 15.9 Å². The van der Waals surface area contributed by atoms with Gasteiger partial charge in [0.15, 0.2) is 0 Å². The van der Waals surface area contributed by atoms with Crippen LogP contribution in [0.3, 0.4) is 0 Å². The maximum atomic E-state index is 14.6. The Morgan fingerprint density at radius 2 is 1.93 bits per heavy atom. The lowest BCUT2D eigenvalue weighted by molar-refractivity contribution is -0.133. The number of carbonyl (C=O) groups is 3. The van der Waals surface area contributed by atoms with Crippen LogP contribution in [-0.2, 0) is 14.3 Å². The van der Waals surface area contributed by atoms with Crippen LogP contribution in [0.1, 0.15) is 42.0 Å². The van der Waals surface area contributed by atoms with Gasteiger partial charge in [-0.25, -0.2) is 27.8 Å². The third-order valence-electron chi connectivity index (χ3n) is 7.28. The molecule has 2 atom stereocenters. The summed E-state index contributed by atoms with van der Waals surface area (Å²) in [5.41, 5.74) is 1.20. The van der Waals surface area contributed by atoms with Crippen LogP contribution >= 0.6 is 0 Å². The van der Waals surface area contributed by atoms with Gasteiger partial charge in [-0.1, -0.05) is 30.3 Å². The molecule has 1 saturated heterocycles. The highest BCUT2D eigenvalue weighted by Gasteiger charge is 2.48. The molecule has 5 rings (SSSR count). The summed E-state index contributed by atoms with van der Waals surface area (Å²) in [7, 11) is 0. The molecule has 2 fully saturated rings. The number of ether oxygens (including phenoxy) is 1. The fourth-order valence-corrected chi connectivity index (χ4v) is 5.22. The average molecular weight is 578 g/mol. The number of carbonyl (C=O) groups excluding carboxylic acids is 3. The lowest BCUT2D eigenvalue weighted by Gasteiger charge is -2.41. The highest BCUT2D eigenvalue weighted by Crippen LogP contribution is 2.39. The zero-order valence-electron chi connectivity index (χ0n) is 22.5. The summed E-state index contributed by atoms with van der Waals surface area (Å²) in [5, 5.41) is 12.0. The first-order valence-corrected chi connectivity index (χ1v) is 13.2. The number of alkyl halides is 2. The molecular formula is C30H26F3N5O4. The van der Waals surface area contributed by atoms with Crippen LogP contribution in [0.25, 0.3) is 0 Å². The molecule has 3 aromatic rings. The number of nitrogens with one attached hydrogen (secondary N) is 1. The molecule has 1 aliphatic carbocycles. The molecule has 9 nitrogen and oxygen atoms in total. The zero-order valence-corrected chi connectivity index (χ0v) is 22.5. The first-order chi connectivity index (χ1) is 20.1. The van der Waals surface area contributed by atoms with E-state index < -0.39 is 60.6 Å². The molecule has 1 N–H and O–H groups in total. The predicted molar refractivity (Wildman–Crippen MR) is 145 cm³/mol. The number of nitriles is 1. The van der Waals surface area contributed by atoms with Gasteiger partial charge in [0.2, 0.25) is 5.91 Å². The van der Waals surface area contributed by atoms with E-state index in [1.54, 1.807) is 31.2 Å². The van der Waals surface area contributed by atoms with Crippen molar-refractivity contribution in [1.29, 1.82) is 5.26 Å². The van der Waals surface area contributed by atoms with Gasteiger partial charge in [-0.2, -0.15) is 5.26 Å². The third-order valence-corrected chi connectivity index (χ3v) is 7.28. The van der Waals surface area contributed by atoms with Gasteiger partial charge >= 0.3 is 6.09 Å². The van der Waals surface area contributed by atoms with Crippen LogP contribution in [0.15, 0.2) is 66.9 Å². The number of rotatable bonds is 7. The van der Waals surface area contributed by atoms with Gasteiger partial charge in [0.05, 0.1) is 18.2 Å².